The van der Waals surface area contributed by atoms with Crippen LogP contribution >= 0.6 is 0 Å². The van der Waals surface area contributed by atoms with Crippen molar-refractivity contribution in [3.63, 3.8) is 0 Å². The van der Waals surface area contributed by atoms with E-state index in [4.69, 9.17) is 4.74 Å². The molecule has 0 aliphatic heterocycles. The maximum atomic E-state index is 12.9. The molecule has 22 heavy (non-hydrogen) atoms. The molecule has 0 fully saturated rings. The van der Waals surface area contributed by atoms with Crippen molar-refractivity contribution < 1.29 is 17.5 Å². The summed E-state index contributed by atoms with van der Waals surface area (Å²) in [6.45, 7) is 2.37. The van der Waals surface area contributed by atoms with Crippen molar-refractivity contribution in [3.8, 4) is 5.75 Å². The number of nitrogens with zero attached hydrogens (tertiary/aromatic N) is 1. The van der Waals surface area contributed by atoms with Crippen LogP contribution in [-0.4, -0.2) is 32.9 Å². The van der Waals surface area contributed by atoms with Crippen LogP contribution in [0, 0.1) is 12.7 Å². The molecule has 2 rings (SSSR count). The van der Waals surface area contributed by atoms with Crippen LogP contribution in [0.5, 0.6) is 5.75 Å². The Morgan fingerprint density at radius 3 is 2.36 bits per heavy atom. The summed E-state index contributed by atoms with van der Waals surface area (Å²) in [6, 6.07) is 12.3. The molecule has 2 aromatic carbocycles. The van der Waals surface area contributed by atoms with E-state index in [0.29, 0.717) is 0 Å². The highest BCUT2D eigenvalue weighted by molar-refractivity contribution is 7.89. The van der Waals surface area contributed by atoms with Gasteiger partial charge in [-0.1, -0.05) is 18.2 Å². The molecule has 0 saturated carbocycles. The van der Waals surface area contributed by atoms with Gasteiger partial charge in [0, 0.05) is 13.6 Å². The van der Waals surface area contributed by atoms with Gasteiger partial charge in [-0.3, -0.25) is 0 Å². The molecule has 0 aliphatic carbocycles. The number of ether oxygens (including phenoxy) is 1. The zero-order valence-electron chi connectivity index (χ0n) is 12.5. The van der Waals surface area contributed by atoms with Crippen LogP contribution < -0.4 is 4.74 Å². The van der Waals surface area contributed by atoms with Gasteiger partial charge in [-0.05, 0) is 42.8 Å². The van der Waals surface area contributed by atoms with Crippen molar-refractivity contribution in [1.82, 2.24) is 4.31 Å². The Labute approximate surface area is 130 Å². The Hall–Kier alpha value is -1.92. The predicted molar refractivity (Wildman–Crippen MR) is 82.9 cm³/mol. The highest BCUT2D eigenvalue weighted by atomic mass is 32.2. The molecule has 6 heteroatoms. The molecular formula is C16H18FNO3S. The number of hydrogen-bond donors (Lipinski definition) is 0. The topological polar surface area (TPSA) is 46.6 Å². The van der Waals surface area contributed by atoms with Crippen LogP contribution in [0.1, 0.15) is 5.56 Å². The van der Waals surface area contributed by atoms with E-state index in [1.807, 2.05) is 31.2 Å². The quantitative estimate of drug-likeness (QED) is 0.821. The first kappa shape index (κ1) is 16.5. The zero-order valence-corrected chi connectivity index (χ0v) is 13.3. The highest BCUT2D eigenvalue weighted by Crippen LogP contribution is 2.17. The van der Waals surface area contributed by atoms with Crippen LogP contribution in [0.4, 0.5) is 4.39 Å². The van der Waals surface area contributed by atoms with Gasteiger partial charge in [-0.25, -0.2) is 12.8 Å². The van der Waals surface area contributed by atoms with Crippen molar-refractivity contribution >= 4 is 10.0 Å². The van der Waals surface area contributed by atoms with Gasteiger partial charge >= 0.3 is 0 Å². The molecule has 0 aromatic heterocycles. The Kier molecular flexibility index (Phi) is 5.15. The van der Waals surface area contributed by atoms with E-state index in [9.17, 15) is 12.8 Å². The molecule has 0 atom stereocenters. The molecule has 2 aromatic rings. The van der Waals surface area contributed by atoms with Gasteiger partial charge in [0.2, 0.25) is 10.0 Å². The third-order valence-electron chi connectivity index (χ3n) is 3.28. The Bertz CT molecular complexity index is 729. The SMILES string of the molecule is Cc1ccccc1OCCN(C)S(=O)(=O)c1ccc(F)cc1. The molecule has 0 amide bonds. The molecule has 118 valence electrons. The van der Waals surface area contributed by atoms with Gasteiger partial charge in [-0.15, -0.1) is 0 Å². The second-order valence-corrected chi connectivity index (χ2v) is 6.94. The molecule has 0 radical (unpaired) electrons. The minimum atomic E-state index is -3.63. The smallest absolute Gasteiger partial charge is 0.242 e. The lowest BCUT2D eigenvalue weighted by Crippen LogP contribution is -2.31. The third kappa shape index (κ3) is 3.84. The normalized spacial score (nSPS) is 11.6. The zero-order chi connectivity index (χ0) is 16.2. The van der Waals surface area contributed by atoms with Gasteiger partial charge < -0.3 is 4.74 Å². The minimum absolute atomic E-state index is 0.0623. The first-order valence-electron chi connectivity index (χ1n) is 6.81. The molecule has 4 nitrogen and oxygen atoms in total. The average molecular weight is 323 g/mol. The average Bonchev–Trinajstić information content (AvgIpc) is 2.49. The molecule has 0 N–H and O–H groups in total. The van der Waals surface area contributed by atoms with E-state index < -0.39 is 15.8 Å². The van der Waals surface area contributed by atoms with Crippen LogP contribution in [0.15, 0.2) is 53.4 Å². The first-order chi connectivity index (χ1) is 10.4. The molecule has 0 bridgehead atoms. The fraction of sp³-hybridized carbons (Fsp3) is 0.250. The summed E-state index contributed by atoms with van der Waals surface area (Å²) in [6.07, 6.45) is 0. The van der Waals surface area contributed by atoms with Crippen molar-refractivity contribution in [1.29, 1.82) is 0 Å². The predicted octanol–water partition coefficient (Wildman–Crippen LogP) is 2.83. The fourth-order valence-electron chi connectivity index (χ4n) is 1.91. The van der Waals surface area contributed by atoms with Crippen LogP contribution in [0.3, 0.4) is 0 Å². The number of halogens is 1. The van der Waals surface area contributed by atoms with E-state index in [-0.39, 0.29) is 18.0 Å². The molecule has 0 heterocycles. The lowest BCUT2D eigenvalue weighted by molar-refractivity contribution is 0.285. The molecule has 0 saturated heterocycles. The second-order valence-electron chi connectivity index (χ2n) is 4.89. The lowest BCUT2D eigenvalue weighted by atomic mass is 10.2. The number of rotatable bonds is 6. The van der Waals surface area contributed by atoms with Gasteiger partial charge in [0.1, 0.15) is 18.2 Å². The number of aryl methyl sites for hydroxylation is 1. The summed E-state index contributed by atoms with van der Waals surface area (Å²) in [5, 5.41) is 0. The first-order valence-corrected chi connectivity index (χ1v) is 8.25. The van der Waals surface area contributed by atoms with Gasteiger partial charge in [-0.2, -0.15) is 4.31 Å². The van der Waals surface area contributed by atoms with Gasteiger partial charge in [0.05, 0.1) is 4.90 Å². The minimum Gasteiger partial charge on any atom is -0.492 e. The van der Waals surface area contributed by atoms with Crippen LogP contribution in [0.2, 0.25) is 0 Å². The van der Waals surface area contributed by atoms with Gasteiger partial charge in [0.15, 0.2) is 0 Å². The maximum Gasteiger partial charge on any atom is 0.242 e. The Balaban J connectivity index is 1.98. The lowest BCUT2D eigenvalue weighted by Gasteiger charge is -2.18. The number of benzene rings is 2. The number of likely N-dealkylation sites (N-methyl/N-ethyl adjacent to an activating group) is 1. The second kappa shape index (κ2) is 6.89. The van der Waals surface area contributed by atoms with Crippen molar-refractivity contribution in [2.45, 2.75) is 11.8 Å². The number of para-hydroxylation sites is 1. The summed E-state index contributed by atoms with van der Waals surface area (Å²) in [4.78, 5) is 0.0623. The summed E-state index contributed by atoms with van der Waals surface area (Å²) in [7, 11) is -2.16. The number of hydrogen-bond acceptors (Lipinski definition) is 3. The van der Waals surface area contributed by atoms with E-state index in [0.717, 1.165) is 23.4 Å². The fourth-order valence-corrected chi connectivity index (χ4v) is 3.06. The van der Waals surface area contributed by atoms with E-state index >= 15 is 0 Å². The Morgan fingerprint density at radius 1 is 1.09 bits per heavy atom. The summed E-state index contributed by atoms with van der Waals surface area (Å²) >= 11 is 0. The van der Waals surface area contributed by atoms with E-state index in [1.165, 1.54) is 23.5 Å². The highest BCUT2D eigenvalue weighted by Gasteiger charge is 2.20. The molecular weight excluding hydrogens is 305 g/mol. The number of sulfonamides is 1. The summed E-state index contributed by atoms with van der Waals surface area (Å²) in [5.41, 5.74) is 0.992. The van der Waals surface area contributed by atoms with Crippen molar-refractivity contribution in [3.05, 3.63) is 59.9 Å². The van der Waals surface area contributed by atoms with E-state index in [1.54, 1.807) is 0 Å². The van der Waals surface area contributed by atoms with Crippen molar-refractivity contribution in [2.24, 2.45) is 0 Å². The Morgan fingerprint density at radius 2 is 1.73 bits per heavy atom. The molecule has 0 unspecified atom stereocenters. The van der Waals surface area contributed by atoms with Crippen molar-refractivity contribution in [2.75, 3.05) is 20.2 Å². The standard InChI is InChI=1S/C16H18FNO3S/c1-13-5-3-4-6-16(13)21-12-11-18(2)22(19,20)15-9-7-14(17)8-10-15/h3-10H,11-12H2,1-2H3. The molecule has 0 spiro atoms. The largest absolute Gasteiger partial charge is 0.492 e. The molecule has 0 aliphatic rings. The summed E-state index contributed by atoms with van der Waals surface area (Å²) < 4.78 is 44.3. The van der Waals surface area contributed by atoms with Crippen LogP contribution in [0.25, 0.3) is 0 Å². The van der Waals surface area contributed by atoms with Crippen LogP contribution in [-0.2, 0) is 10.0 Å². The monoisotopic (exact) mass is 323 g/mol. The third-order valence-corrected chi connectivity index (χ3v) is 5.15. The van der Waals surface area contributed by atoms with Gasteiger partial charge in [0.25, 0.3) is 0 Å². The maximum absolute atomic E-state index is 12.9. The summed E-state index contributed by atoms with van der Waals surface area (Å²) in [5.74, 6) is 0.263. The van der Waals surface area contributed by atoms with E-state index in [2.05, 4.69) is 0 Å².